The Morgan fingerprint density at radius 3 is 2.48 bits per heavy atom. The van der Waals surface area contributed by atoms with E-state index in [9.17, 15) is 14.0 Å². The largest absolute Gasteiger partial charge is 0.338 e. The van der Waals surface area contributed by atoms with Gasteiger partial charge < -0.3 is 10.2 Å². The van der Waals surface area contributed by atoms with Gasteiger partial charge in [0.25, 0.3) is 5.91 Å². The van der Waals surface area contributed by atoms with Crippen LogP contribution in [-0.2, 0) is 0 Å². The molecule has 27 heavy (non-hydrogen) atoms. The van der Waals surface area contributed by atoms with Gasteiger partial charge in [-0.25, -0.2) is 19.6 Å². The van der Waals surface area contributed by atoms with Gasteiger partial charge in [-0.05, 0) is 36.8 Å². The Morgan fingerprint density at radius 2 is 1.81 bits per heavy atom. The first-order valence-corrected chi connectivity index (χ1v) is 8.98. The third-order valence-corrected chi connectivity index (χ3v) is 5.21. The number of nitrogens with zero attached hydrogens (tertiary/aromatic N) is 2. The average Bonchev–Trinajstić information content (AvgIpc) is 3.00. The first-order valence-electron chi connectivity index (χ1n) is 8.98. The molecule has 6 nitrogen and oxygen atoms in total. The summed E-state index contributed by atoms with van der Waals surface area (Å²) in [4.78, 5) is 26.7. The van der Waals surface area contributed by atoms with Gasteiger partial charge in [-0.15, -0.1) is 0 Å². The van der Waals surface area contributed by atoms with Crippen LogP contribution in [-0.4, -0.2) is 35.6 Å². The number of para-hydroxylation sites is 1. The summed E-state index contributed by atoms with van der Waals surface area (Å²) in [6.07, 6.45) is 1.14. The lowest BCUT2D eigenvalue weighted by molar-refractivity contribution is 0.0640. The predicted octanol–water partition coefficient (Wildman–Crippen LogP) is 2.80. The van der Waals surface area contributed by atoms with E-state index in [1.54, 1.807) is 24.0 Å². The van der Waals surface area contributed by atoms with Crippen molar-refractivity contribution in [2.24, 2.45) is 0 Å². The zero-order valence-corrected chi connectivity index (χ0v) is 15.0. The highest BCUT2D eigenvalue weighted by Crippen LogP contribution is 2.28. The number of piperidine rings is 1. The molecule has 3 amide bonds. The van der Waals surface area contributed by atoms with Crippen molar-refractivity contribution < 1.29 is 14.0 Å². The van der Waals surface area contributed by atoms with E-state index >= 15 is 0 Å². The number of carbonyl (C=O) groups excluding carboxylic acids is 2. The van der Waals surface area contributed by atoms with Gasteiger partial charge in [0, 0.05) is 31.5 Å². The first kappa shape index (κ1) is 17.5. The number of hydrogen-bond donors (Lipinski definition) is 2. The summed E-state index contributed by atoms with van der Waals surface area (Å²) >= 11 is 0. The highest BCUT2D eigenvalue weighted by molar-refractivity contribution is 5.95. The SMILES string of the molecule is Cc1ccc(C(=O)N2CCC3(CC2)NC(=O)N(c2ccccc2)N3)cc1F. The molecule has 0 aliphatic carbocycles. The number of urea groups is 1. The van der Waals surface area contributed by atoms with Crippen LogP contribution in [0.25, 0.3) is 0 Å². The Bertz CT molecular complexity index is 879. The summed E-state index contributed by atoms with van der Waals surface area (Å²) in [7, 11) is 0. The number of rotatable bonds is 2. The van der Waals surface area contributed by atoms with Crippen LogP contribution in [0.15, 0.2) is 48.5 Å². The molecule has 2 aliphatic rings. The highest BCUT2D eigenvalue weighted by Gasteiger charge is 2.45. The third-order valence-electron chi connectivity index (χ3n) is 5.21. The second-order valence-electron chi connectivity index (χ2n) is 7.05. The Labute approximate surface area is 156 Å². The molecule has 0 saturated carbocycles. The van der Waals surface area contributed by atoms with Gasteiger partial charge in [-0.3, -0.25) is 4.79 Å². The fraction of sp³-hybridized carbons (Fsp3) is 0.300. The molecule has 0 radical (unpaired) electrons. The molecule has 4 rings (SSSR count). The second kappa shape index (κ2) is 6.66. The van der Waals surface area contributed by atoms with Crippen LogP contribution in [0, 0.1) is 12.7 Å². The minimum atomic E-state index is -0.567. The molecule has 2 aromatic carbocycles. The lowest BCUT2D eigenvalue weighted by Crippen LogP contribution is -2.58. The summed E-state index contributed by atoms with van der Waals surface area (Å²) < 4.78 is 13.8. The van der Waals surface area contributed by atoms with Crippen molar-refractivity contribution in [1.82, 2.24) is 15.6 Å². The highest BCUT2D eigenvalue weighted by atomic mass is 19.1. The van der Waals surface area contributed by atoms with Crippen molar-refractivity contribution >= 4 is 17.6 Å². The molecule has 0 atom stereocenters. The maximum atomic E-state index is 13.8. The summed E-state index contributed by atoms with van der Waals surface area (Å²) in [5.41, 5.74) is 4.33. The van der Waals surface area contributed by atoms with E-state index in [0.29, 0.717) is 37.1 Å². The van der Waals surface area contributed by atoms with Gasteiger partial charge in [0.05, 0.1) is 5.69 Å². The molecule has 2 saturated heterocycles. The molecular weight excluding hydrogens is 347 g/mol. The predicted molar refractivity (Wildman–Crippen MR) is 99.6 cm³/mol. The van der Waals surface area contributed by atoms with Crippen molar-refractivity contribution in [2.75, 3.05) is 18.1 Å². The molecule has 2 aliphatic heterocycles. The van der Waals surface area contributed by atoms with Crippen LogP contribution in [0.5, 0.6) is 0 Å². The molecule has 0 unspecified atom stereocenters. The summed E-state index contributed by atoms with van der Waals surface area (Å²) in [5, 5.41) is 4.52. The van der Waals surface area contributed by atoms with Gasteiger partial charge >= 0.3 is 6.03 Å². The van der Waals surface area contributed by atoms with Gasteiger partial charge in [0.15, 0.2) is 0 Å². The average molecular weight is 368 g/mol. The number of carbonyl (C=O) groups is 2. The van der Waals surface area contributed by atoms with Crippen LogP contribution < -0.4 is 15.8 Å². The first-order chi connectivity index (χ1) is 13.0. The molecular formula is C20H21FN4O2. The lowest BCUT2D eigenvalue weighted by atomic mass is 9.97. The molecule has 2 heterocycles. The number of hydrogen-bond acceptors (Lipinski definition) is 3. The Balaban J connectivity index is 1.43. The fourth-order valence-electron chi connectivity index (χ4n) is 3.55. The third kappa shape index (κ3) is 3.26. The number of aryl methyl sites for hydroxylation is 1. The zero-order valence-electron chi connectivity index (χ0n) is 15.0. The number of amides is 3. The maximum Gasteiger partial charge on any atom is 0.338 e. The zero-order chi connectivity index (χ0) is 19.0. The smallest absolute Gasteiger partial charge is 0.338 e. The van der Waals surface area contributed by atoms with Crippen molar-refractivity contribution in [3.8, 4) is 0 Å². The van der Waals surface area contributed by atoms with Gasteiger partial charge in [0.2, 0.25) is 0 Å². The molecule has 2 aromatic rings. The van der Waals surface area contributed by atoms with E-state index in [4.69, 9.17) is 0 Å². The van der Waals surface area contributed by atoms with Crippen molar-refractivity contribution in [1.29, 1.82) is 0 Å². The number of nitrogens with one attached hydrogen (secondary N) is 2. The van der Waals surface area contributed by atoms with E-state index in [2.05, 4.69) is 10.7 Å². The van der Waals surface area contributed by atoms with E-state index in [0.717, 1.165) is 5.69 Å². The van der Waals surface area contributed by atoms with Crippen LogP contribution in [0.2, 0.25) is 0 Å². The molecule has 7 heteroatoms. The molecule has 2 fully saturated rings. The number of anilines is 1. The van der Waals surface area contributed by atoms with Gasteiger partial charge in [-0.1, -0.05) is 24.3 Å². The quantitative estimate of drug-likeness (QED) is 0.857. The van der Waals surface area contributed by atoms with Crippen molar-refractivity contribution in [2.45, 2.75) is 25.4 Å². The van der Waals surface area contributed by atoms with Crippen LogP contribution in [0.3, 0.4) is 0 Å². The lowest BCUT2D eigenvalue weighted by Gasteiger charge is -2.38. The molecule has 1 spiro atoms. The number of hydrazine groups is 1. The number of likely N-dealkylation sites (tertiary alicyclic amines) is 1. The van der Waals surface area contributed by atoms with E-state index in [1.165, 1.54) is 11.1 Å². The minimum Gasteiger partial charge on any atom is -0.338 e. The second-order valence-corrected chi connectivity index (χ2v) is 7.05. The summed E-state index contributed by atoms with van der Waals surface area (Å²) in [5.74, 6) is -0.564. The van der Waals surface area contributed by atoms with E-state index in [1.807, 2.05) is 30.3 Å². The minimum absolute atomic E-state index is 0.187. The number of benzene rings is 2. The molecule has 0 aromatic heterocycles. The fourth-order valence-corrected chi connectivity index (χ4v) is 3.55. The maximum absolute atomic E-state index is 13.8. The van der Waals surface area contributed by atoms with Gasteiger partial charge in [-0.2, -0.15) is 0 Å². The standard InChI is InChI=1S/C20H21FN4O2/c1-14-7-8-15(13-17(14)21)18(26)24-11-9-20(10-12-24)22-19(27)25(23-20)16-5-3-2-4-6-16/h2-8,13,23H,9-12H2,1H3,(H,22,27). The summed E-state index contributed by atoms with van der Waals surface area (Å²) in [6, 6.07) is 13.7. The van der Waals surface area contributed by atoms with Crippen LogP contribution >= 0.6 is 0 Å². The Morgan fingerprint density at radius 1 is 1.11 bits per heavy atom. The Kier molecular flexibility index (Phi) is 4.31. The number of halogens is 1. The van der Waals surface area contributed by atoms with Crippen molar-refractivity contribution in [3.05, 3.63) is 65.5 Å². The van der Waals surface area contributed by atoms with E-state index < -0.39 is 5.66 Å². The normalized spacial score (nSPS) is 18.7. The Hall–Kier alpha value is -2.93. The monoisotopic (exact) mass is 368 g/mol. The van der Waals surface area contributed by atoms with Crippen LogP contribution in [0.4, 0.5) is 14.9 Å². The van der Waals surface area contributed by atoms with Crippen LogP contribution in [0.1, 0.15) is 28.8 Å². The molecule has 0 bridgehead atoms. The van der Waals surface area contributed by atoms with E-state index in [-0.39, 0.29) is 17.8 Å². The van der Waals surface area contributed by atoms with Gasteiger partial charge in [0.1, 0.15) is 11.5 Å². The van der Waals surface area contributed by atoms with Crippen molar-refractivity contribution in [3.63, 3.8) is 0 Å². The topological polar surface area (TPSA) is 64.7 Å². The molecule has 2 N–H and O–H groups in total. The molecule has 140 valence electrons. The summed E-state index contributed by atoms with van der Waals surface area (Å²) in [6.45, 7) is 2.62.